The molecule has 0 spiro atoms. The lowest BCUT2D eigenvalue weighted by molar-refractivity contribution is -0.130. The van der Waals surface area contributed by atoms with Crippen molar-refractivity contribution in [3.8, 4) is 6.07 Å². The number of carbonyl (C=O) groups excluding carboxylic acids is 1. The molecule has 2 aromatic rings. The summed E-state index contributed by atoms with van der Waals surface area (Å²) in [6.07, 6.45) is 3.78. The van der Waals surface area contributed by atoms with E-state index in [1.807, 2.05) is 12.1 Å². The highest BCUT2D eigenvalue weighted by Gasteiger charge is 2.28. The maximum atomic E-state index is 12.3. The molecule has 1 aromatic heterocycles. The molecule has 2 atom stereocenters. The lowest BCUT2D eigenvalue weighted by Gasteiger charge is -2.22. The standard InChI is InChI=1S/C18H21BrN4O/c1-13(21-11-17(24)23-8-3-5-15(23)10-20)12-22-9-7-14-4-2-6-16(19)18(14)22/h2,4,6-7,9,13,15,21H,3,5,8,11-12H2,1H3/t13?,15-/m0/s1. The first-order valence-electron chi connectivity index (χ1n) is 8.26. The SMILES string of the molecule is CC(Cn1ccc2cccc(Br)c21)NCC(=O)N1CCC[C@H]1C#N. The number of benzene rings is 1. The molecule has 2 heterocycles. The topological polar surface area (TPSA) is 61.1 Å². The number of carbonyl (C=O) groups is 1. The van der Waals surface area contributed by atoms with Gasteiger partial charge in [-0.2, -0.15) is 5.26 Å². The van der Waals surface area contributed by atoms with Gasteiger partial charge in [0.05, 0.1) is 18.1 Å². The van der Waals surface area contributed by atoms with Gasteiger partial charge in [-0.15, -0.1) is 0 Å². The molecule has 3 rings (SSSR count). The van der Waals surface area contributed by atoms with E-state index in [1.54, 1.807) is 4.90 Å². The number of hydrogen-bond donors (Lipinski definition) is 1. The van der Waals surface area contributed by atoms with Crippen molar-refractivity contribution in [2.75, 3.05) is 13.1 Å². The lowest BCUT2D eigenvalue weighted by atomic mass is 10.2. The Morgan fingerprint density at radius 2 is 2.33 bits per heavy atom. The molecular weight excluding hydrogens is 368 g/mol. The Morgan fingerprint density at radius 3 is 3.12 bits per heavy atom. The third kappa shape index (κ3) is 3.47. The molecule has 24 heavy (non-hydrogen) atoms. The van der Waals surface area contributed by atoms with E-state index >= 15 is 0 Å². The molecule has 1 unspecified atom stereocenters. The molecule has 126 valence electrons. The smallest absolute Gasteiger partial charge is 0.237 e. The molecule has 1 N–H and O–H groups in total. The number of aromatic nitrogens is 1. The van der Waals surface area contributed by atoms with Gasteiger partial charge >= 0.3 is 0 Å². The second-order valence-corrected chi connectivity index (χ2v) is 7.16. The number of para-hydroxylation sites is 1. The predicted octanol–water partition coefficient (Wildman–Crippen LogP) is 2.90. The van der Waals surface area contributed by atoms with Gasteiger partial charge in [0, 0.05) is 35.2 Å². The Balaban J connectivity index is 1.58. The zero-order valence-electron chi connectivity index (χ0n) is 13.7. The van der Waals surface area contributed by atoms with E-state index < -0.39 is 0 Å². The van der Waals surface area contributed by atoms with Crippen LogP contribution in [0.25, 0.3) is 10.9 Å². The van der Waals surface area contributed by atoms with Gasteiger partial charge in [0.15, 0.2) is 0 Å². The van der Waals surface area contributed by atoms with Crippen LogP contribution in [0, 0.1) is 11.3 Å². The van der Waals surface area contributed by atoms with E-state index in [2.05, 4.69) is 57.1 Å². The Hall–Kier alpha value is -1.84. The molecule has 1 amide bonds. The van der Waals surface area contributed by atoms with E-state index in [0.29, 0.717) is 6.54 Å². The number of nitrogens with zero attached hydrogens (tertiary/aromatic N) is 3. The Bertz CT molecular complexity index is 779. The molecule has 6 heteroatoms. The van der Waals surface area contributed by atoms with Crippen molar-refractivity contribution >= 4 is 32.7 Å². The van der Waals surface area contributed by atoms with E-state index in [9.17, 15) is 4.79 Å². The minimum atomic E-state index is -0.251. The molecule has 0 saturated carbocycles. The van der Waals surface area contributed by atoms with Gasteiger partial charge in [0.2, 0.25) is 5.91 Å². The van der Waals surface area contributed by atoms with Crippen LogP contribution in [-0.4, -0.2) is 40.5 Å². The molecule has 1 saturated heterocycles. The van der Waals surface area contributed by atoms with Crippen molar-refractivity contribution in [1.82, 2.24) is 14.8 Å². The van der Waals surface area contributed by atoms with Crippen LogP contribution in [0.5, 0.6) is 0 Å². The molecule has 1 fully saturated rings. The van der Waals surface area contributed by atoms with Gasteiger partial charge in [-0.3, -0.25) is 4.79 Å². The molecule has 0 aliphatic carbocycles. The van der Waals surface area contributed by atoms with Crippen molar-refractivity contribution in [3.05, 3.63) is 34.9 Å². The third-order valence-electron chi connectivity index (χ3n) is 4.53. The number of nitrogens with one attached hydrogen (secondary N) is 1. The van der Waals surface area contributed by atoms with Crippen molar-refractivity contribution in [3.63, 3.8) is 0 Å². The van der Waals surface area contributed by atoms with Crippen molar-refractivity contribution in [2.24, 2.45) is 0 Å². The number of amides is 1. The average molecular weight is 389 g/mol. The number of likely N-dealkylation sites (tertiary alicyclic amines) is 1. The normalized spacial score (nSPS) is 18.7. The van der Waals surface area contributed by atoms with Crippen molar-refractivity contribution in [2.45, 2.75) is 38.4 Å². The fraction of sp³-hybridized carbons (Fsp3) is 0.444. The van der Waals surface area contributed by atoms with Gasteiger partial charge in [-0.05, 0) is 47.8 Å². The fourth-order valence-corrected chi connectivity index (χ4v) is 3.90. The summed E-state index contributed by atoms with van der Waals surface area (Å²) in [5.41, 5.74) is 1.17. The maximum Gasteiger partial charge on any atom is 0.237 e. The molecule has 1 aromatic carbocycles. The average Bonchev–Trinajstić information content (AvgIpc) is 3.20. The first kappa shape index (κ1) is 17.0. The summed E-state index contributed by atoms with van der Waals surface area (Å²) in [5, 5.41) is 13.6. The number of rotatable bonds is 5. The summed E-state index contributed by atoms with van der Waals surface area (Å²) in [6, 6.07) is 10.4. The van der Waals surface area contributed by atoms with Gasteiger partial charge in [-0.1, -0.05) is 12.1 Å². The van der Waals surface area contributed by atoms with Gasteiger partial charge in [0.25, 0.3) is 0 Å². The van der Waals surface area contributed by atoms with Crippen LogP contribution in [0.4, 0.5) is 0 Å². The zero-order chi connectivity index (χ0) is 17.1. The van der Waals surface area contributed by atoms with Crippen LogP contribution in [0.1, 0.15) is 19.8 Å². The van der Waals surface area contributed by atoms with Crippen LogP contribution in [0.15, 0.2) is 34.9 Å². The lowest BCUT2D eigenvalue weighted by Crippen LogP contribution is -2.43. The van der Waals surface area contributed by atoms with E-state index in [0.717, 1.165) is 23.9 Å². The van der Waals surface area contributed by atoms with Gasteiger partial charge in [0.1, 0.15) is 6.04 Å². The van der Waals surface area contributed by atoms with Crippen LogP contribution in [0.3, 0.4) is 0 Å². The number of hydrogen-bond acceptors (Lipinski definition) is 3. The molecule has 1 aliphatic rings. The quantitative estimate of drug-likeness (QED) is 0.856. The predicted molar refractivity (Wildman–Crippen MR) is 97.5 cm³/mol. The highest BCUT2D eigenvalue weighted by Crippen LogP contribution is 2.25. The Morgan fingerprint density at radius 1 is 1.50 bits per heavy atom. The fourth-order valence-electron chi connectivity index (χ4n) is 3.29. The summed E-state index contributed by atoms with van der Waals surface area (Å²) < 4.78 is 3.26. The van der Waals surface area contributed by atoms with E-state index in [1.165, 1.54) is 10.9 Å². The van der Waals surface area contributed by atoms with Gasteiger partial charge < -0.3 is 14.8 Å². The first-order valence-corrected chi connectivity index (χ1v) is 9.05. The Labute approximate surface area is 150 Å². The van der Waals surface area contributed by atoms with Gasteiger partial charge in [-0.25, -0.2) is 0 Å². The molecule has 0 radical (unpaired) electrons. The van der Waals surface area contributed by atoms with Crippen LogP contribution in [-0.2, 0) is 11.3 Å². The first-order chi connectivity index (χ1) is 11.6. The number of halogens is 1. The molecular formula is C18H21BrN4O. The summed E-state index contributed by atoms with van der Waals surface area (Å²) in [4.78, 5) is 14.0. The molecule has 0 bridgehead atoms. The number of fused-ring (bicyclic) bond motifs is 1. The van der Waals surface area contributed by atoms with Crippen molar-refractivity contribution in [1.29, 1.82) is 5.26 Å². The van der Waals surface area contributed by atoms with E-state index in [-0.39, 0.29) is 24.5 Å². The van der Waals surface area contributed by atoms with Crippen LogP contribution in [0.2, 0.25) is 0 Å². The summed E-state index contributed by atoms with van der Waals surface area (Å²) >= 11 is 3.61. The highest BCUT2D eigenvalue weighted by molar-refractivity contribution is 9.10. The number of nitriles is 1. The molecule has 1 aliphatic heterocycles. The summed E-state index contributed by atoms with van der Waals surface area (Å²) in [5.74, 6) is 0.0180. The monoisotopic (exact) mass is 388 g/mol. The zero-order valence-corrected chi connectivity index (χ0v) is 15.3. The van der Waals surface area contributed by atoms with Crippen LogP contribution < -0.4 is 5.32 Å². The summed E-state index contributed by atoms with van der Waals surface area (Å²) in [7, 11) is 0. The minimum Gasteiger partial charge on any atom is -0.345 e. The second-order valence-electron chi connectivity index (χ2n) is 6.30. The Kier molecular flexibility index (Phi) is 5.22. The minimum absolute atomic E-state index is 0.0180. The van der Waals surface area contributed by atoms with E-state index in [4.69, 9.17) is 5.26 Å². The highest BCUT2D eigenvalue weighted by atomic mass is 79.9. The third-order valence-corrected chi connectivity index (χ3v) is 5.17. The maximum absolute atomic E-state index is 12.3. The summed E-state index contributed by atoms with van der Waals surface area (Å²) in [6.45, 7) is 3.82. The largest absolute Gasteiger partial charge is 0.345 e. The van der Waals surface area contributed by atoms with Crippen molar-refractivity contribution < 1.29 is 4.79 Å². The second kappa shape index (κ2) is 7.37. The van der Waals surface area contributed by atoms with Crippen LogP contribution >= 0.6 is 15.9 Å². The molecule has 5 nitrogen and oxygen atoms in total.